The molecule has 1 heterocycles. The molecule has 2 nitrogen and oxygen atoms in total. The molecule has 1 saturated heterocycles. The van der Waals surface area contributed by atoms with Crippen LogP contribution in [-0.4, -0.2) is 30.6 Å². The molecule has 2 unspecified atom stereocenters. The molecular formula is C9H20N2. The van der Waals surface area contributed by atoms with Gasteiger partial charge in [0.15, 0.2) is 0 Å². The van der Waals surface area contributed by atoms with Crippen molar-refractivity contribution in [2.24, 2.45) is 11.7 Å². The molecule has 1 aliphatic heterocycles. The molecule has 2 N–H and O–H groups in total. The first kappa shape index (κ1) is 9.01. The monoisotopic (exact) mass is 156 g/mol. The Hall–Kier alpha value is -0.0800. The summed E-state index contributed by atoms with van der Waals surface area (Å²) in [5.74, 6) is 0.761. The Bertz CT molecular complexity index is 114. The fourth-order valence-electron chi connectivity index (χ4n) is 1.99. The van der Waals surface area contributed by atoms with Gasteiger partial charge in [-0.2, -0.15) is 0 Å². The molecule has 2 heteroatoms. The Labute approximate surface area is 69.8 Å². The van der Waals surface area contributed by atoms with E-state index in [0.717, 1.165) is 18.5 Å². The van der Waals surface area contributed by atoms with Crippen molar-refractivity contribution in [2.45, 2.75) is 32.7 Å². The minimum atomic E-state index is 0.761. The molecule has 0 amide bonds. The fraction of sp³-hybridized carbons (Fsp3) is 1.00. The number of rotatable bonds is 3. The zero-order chi connectivity index (χ0) is 8.27. The SMILES string of the molecule is CCCN1CC(CN)CC1C. The highest BCUT2D eigenvalue weighted by atomic mass is 15.2. The quantitative estimate of drug-likeness (QED) is 0.662. The minimum absolute atomic E-state index is 0.761. The van der Waals surface area contributed by atoms with Crippen LogP contribution >= 0.6 is 0 Å². The Balaban J connectivity index is 2.32. The summed E-state index contributed by atoms with van der Waals surface area (Å²) in [5, 5.41) is 0. The average Bonchev–Trinajstić information content (AvgIpc) is 2.33. The van der Waals surface area contributed by atoms with Crippen molar-refractivity contribution in [1.29, 1.82) is 0 Å². The van der Waals surface area contributed by atoms with Gasteiger partial charge in [-0.15, -0.1) is 0 Å². The Morgan fingerprint density at radius 1 is 1.55 bits per heavy atom. The first-order valence-electron chi connectivity index (χ1n) is 4.72. The molecule has 0 aromatic heterocycles. The Morgan fingerprint density at radius 2 is 2.27 bits per heavy atom. The lowest BCUT2D eigenvalue weighted by atomic mass is 10.1. The third-order valence-electron chi connectivity index (χ3n) is 2.63. The van der Waals surface area contributed by atoms with Crippen LogP contribution in [0.1, 0.15) is 26.7 Å². The second-order valence-corrected chi connectivity index (χ2v) is 3.68. The predicted molar refractivity (Wildman–Crippen MR) is 48.5 cm³/mol. The maximum absolute atomic E-state index is 5.63. The lowest BCUT2D eigenvalue weighted by molar-refractivity contribution is 0.265. The summed E-state index contributed by atoms with van der Waals surface area (Å²) in [5.41, 5.74) is 5.63. The highest BCUT2D eigenvalue weighted by molar-refractivity contribution is 4.82. The van der Waals surface area contributed by atoms with Crippen molar-refractivity contribution in [3.05, 3.63) is 0 Å². The van der Waals surface area contributed by atoms with E-state index in [1.807, 2.05) is 0 Å². The molecule has 0 aromatic carbocycles. The molecule has 11 heavy (non-hydrogen) atoms. The van der Waals surface area contributed by atoms with Crippen LogP contribution in [-0.2, 0) is 0 Å². The van der Waals surface area contributed by atoms with Crippen LogP contribution in [0, 0.1) is 5.92 Å². The number of likely N-dealkylation sites (tertiary alicyclic amines) is 1. The summed E-state index contributed by atoms with van der Waals surface area (Å²) in [6, 6.07) is 0.767. The Kier molecular flexibility index (Phi) is 3.34. The number of nitrogens with zero attached hydrogens (tertiary/aromatic N) is 1. The van der Waals surface area contributed by atoms with Gasteiger partial charge in [0, 0.05) is 12.6 Å². The second kappa shape index (κ2) is 4.07. The van der Waals surface area contributed by atoms with Gasteiger partial charge in [-0.3, -0.25) is 0 Å². The van der Waals surface area contributed by atoms with E-state index in [1.54, 1.807) is 0 Å². The van der Waals surface area contributed by atoms with Gasteiger partial charge in [0.1, 0.15) is 0 Å². The largest absolute Gasteiger partial charge is 0.330 e. The summed E-state index contributed by atoms with van der Waals surface area (Å²) in [6.07, 6.45) is 2.57. The van der Waals surface area contributed by atoms with Gasteiger partial charge < -0.3 is 10.6 Å². The van der Waals surface area contributed by atoms with Crippen LogP contribution in [0.5, 0.6) is 0 Å². The second-order valence-electron chi connectivity index (χ2n) is 3.68. The van der Waals surface area contributed by atoms with Crippen molar-refractivity contribution in [2.75, 3.05) is 19.6 Å². The molecule has 0 aromatic rings. The molecule has 0 aliphatic carbocycles. The number of nitrogens with two attached hydrogens (primary N) is 1. The van der Waals surface area contributed by atoms with Crippen LogP contribution in [0.2, 0.25) is 0 Å². The summed E-state index contributed by atoms with van der Waals surface area (Å²) in [6.45, 7) is 7.89. The van der Waals surface area contributed by atoms with E-state index >= 15 is 0 Å². The summed E-state index contributed by atoms with van der Waals surface area (Å²) >= 11 is 0. The predicted octanol–water partition coefficient (Wildman–Crippen LogP) is 1.07. The third kappa shape index (κ3) is 2.17. The molecule has 0 bridgehead atoms. The number of hydrogen-bond donors (Lipinski definition) is 1. The van der Waals surface area contributed by atoms with Gasteiger partial charge in [-0.25, -0.2) is 0 Å². The van der Waals surface area contributed by atoms with Crippen molar-refractivity contribution in [3.63, 3.8) is 0 Å². The maximum atomic E-state index is 5.63. The van der Waals surface area contributed by atoms with Crippen LogP contribution in [0.4, 0.5) is 0 Å². The van der Waals surface area contributed by atoms with Crippen LogP contribution < -0.4 is 5.73 Å². The van der Waals surface area contributed by atoms with E-state index in [-0.39, 0.29) is 0 Å². The maximum Gasteiger partial charge on any atom is 0.00706 e. The fourth-order valence-corrected chi connectivity index (χ4v) is 1.99. The molecule has 1 rings (SSSR count). The van der Waals surface area contributed by atoms with Crippen LogP contribution in [0.15, 0.2) is 0 Å². The molecule has 0 radical (unpaired) electrons. The van der Waals surface area contributed by atoms with Crippen molar-refractivity contribution >= 4 is 0 Å². The van der Waals surface area contributed by atoms with Crippen molar-refractivity contribution in [1.82, 2.24) is 4.90 Å². The normalized spacial score (nSPS) is 33.0. The zero-order valence-corrected chi connectivity index (χ0v) is 7.71. The van der Waals surface area contributed by atoms with Crippen molar-refractivity contribution < 1.29 is 0 Å². The van der Waals surface area contributed by atoms with Crippen LogP contribution in [0.25, 0.3) is 0 Å². The van der Waals surface area contributed by atoms with E-state index in [4.69, 9.17) is 5.73 Å². The van der Waals surface area contributed by atoms with Gasteiger partial charge in [-0.05, 0) is 38.8 Å². The molecule has 1 aliphatic rings. The van der Waals surface area contributed by atoms with E-state index in [0.29, 0.717) is 0 Å². The summed E-state index contributed by atoms with van der Waals surface area (Å²) in [7, 11) is 0. The number of hydrogen-bond acceptors (Lipinski definition) is 2. The molecule has 2 atom stereocenters. The lowest BCUT2D eigenvalue weighted by Gasteiger charge is -2.19. The average molecular weight is 156 g/mol. The highest BCUT2D eigenvalue weighted by Gasteiger charge is 2.26. The van der Waals surface area contributed by atoms with E-state index in [2.05, 4.69) is 18.7 Å². The third-order valence-corrected chi connectivity index (χ3v) is 2.63. The molecule has 0 spiro atoms. The van der Waals surface area contributed by atoms with Crippen molar-refractivity contribution in [3.8, 4) is 0 Å². The van der Waals surface area contributed by atoms with Gasteiger partial charge >= 0.3 is 0 Å². The highest BCUT2D eigenvalue weighted by Crippen LogP contribution is 2.21. The van der Waals surface area contributed by atoms with Gasteiger partial charge in [-0.1, -0.05) is 6.92 Å². The van der Waals surface area contributed by atoms with Crippen LogP contribution in [0.3, 0.4) is 0 Å². The Morgan fingerprint density at radius 3 is 2.73 bits per heavy atom. The van der Waals surface area contributed by atoms with E-state index < -0.39 is 0 Å². The molecule has 0 saturated carbocycles. The first-order valence-corrected chi connectivity index (χ1v) is 4.72. The van der Waals surface area contributed by atoms with Gasteiger partial charge in [0.2, 0.25) is 0 Å². The first-order chi connectivity index (χ1) is 5.27. The zero-order valence-electron chi connectivity index (χ0n) is 7.71. The summed E-state index contributed by atoms with van der Waals surface area (Å²) < 4.78 is 0. The minimum Gasteiger partial charge on any atom is -0.330 e. The smallest absolute Gasteiger partial charge is 0.00706 e. The summed E-state index contributed by atoms with van der Waals surface area (Å²) in [4.78, 5) is 2.55. The molecule has 1 fully saturated rings. The lowest BCUT2D eigenvalue weighted by Crippen LogP contribution is -2.28. The topological polar surface area (TPSA) is 29.3 Å². The standard InChI is InChI=1S/C9H20N2/c1-3-4-11-7-9(6-10)5-8(11)2/h8-9H,3-7,10H2,1-2H3. The van der Waals surface area contributed by atoms with Gasteiger partial charge in [0.05, 0.1) is 0 Å². The van der Waals surface area contributed by atoms with E-state index in [9.17, 15) is 0 Å². The van der Waals surface area contributed by atoms with E-state index in [1.165, 1.54) is 25.9 Å². The van der Waals surface area contributed by atoms with Gasteiger partial charge in [0.25, 0.3) is 0 Å². The molecular weight excluding hydrogens is 136 g/mol. The molecule has 66 valence electrons.